The first-order valence-corrected chi connectivity index (χ1v) is 7.48. The van der Waals surface area contributed by atoms with Gasteiger partial charge in [-0.3, -0.25) is 4.72 Å². The van der Waals surface area contributed by atoms with Crippen molar-refractivity contribution in [2.75, 3.05) is 10.1 Å². The summed E-state index contributed by atoms with van der Waals surface area (Å²) in [4.78, 5) is 3.69. The molecule has 0 aliphatic carbocycles. The van der Waals surface area contributed by atoms with Gasteiger partial charge in [0.15, 0.2) is 5.82 Å². The minimum Gasteiger partial charge on any atom is -0.307 e. The van der Waals surface area contributed by atoms with Gasteiger partial charge in [-0.05, 0) is 30.3 Å². The molecule has 1 aromatic heterocycles. The van der Waals surface area contributed by atoms with Gasteiger partial charge in [0.1, 0.15) is 4.90 Å². The quantitative estimate of drug-likeness (QED) is 0.581. The monoisotopic (exact) mass is 323 g/mol. The van der Waals surface area contributed by atoms with E-state index in [4.69, 9.17) is 22.7 Å². The first kappa shape index (κ1) is 15.1. The van der Waals surface area contributed by atoms with Crippen molar-refractivity contribution in [1.82, 2.24) is 4.98 Å². The van der Waals surface area contributed by atoms with Crippen LogP contribution < -0.4 is 16.0 Å². The van der Waals surface area contributed by atoms with Gasteiger partial charge in [0, 0.05) is 6.20 Å². The van der Waals surface area contributed by atoms with Gasteiger partial charge in [0.25, 0.3) is 10.0 Å². The van der Waals surface area contributed by atoms with Crippen LogP contribution in [-0.4, -0.2) is 13.4 Å². The Hall–Kier alpha value is -2.34. The number of nitriles is 1. The Balaban J connectivity index is 2.45. The van der Waals surface area contributed by atoms with Crippen LogP contribution in [0.4, 0.5) is 11.5 Å². The first-order valence-electron chi connectivity index (χ1n) is 5.62. The van der Waals surface area contributed by atoms with Crippen molar-refractivity contribution in [3.63, 3.8) is 0 Å². The Labute approximate surface area is 126 Å². The average Bonchev–Trinajstić information content (AvgIpc) is 2.49. The van der Waals surface area contributed by atoms with Crippen molar-refractivity contribution >= 4 is 33.1 Å². The second-order valence-electron chi connectivity index (χ2n) is 3.91. The third-order valence-corrected chi connectivity index (χ3v) is 4.26. The number of nitrogens with zero attached hydrogens (tertiary/aromatic N) is 2. The van der Waals surface area contributed by atoms with Gasteiger partial charge in [-0.25, -0.2) is 19.2 Å². The van der Waals surface area contributed by atoms with Crippen molar-refractivity contribution in [2.24, 2.45) is 5.84 Å². The number of pyridine rings is 1. The van der Waals surface area contributed by atoms with Gasteiger partial charge < -0.3 is 5.43 Å². The predicted octanol–water partition coefficient (Wildman–Crippen LogP) is 1.69. The highest BCUT2D eigenvalue weighted by atomic mass is 35.5. The maximum Gasteiger partial charge on any atom is 0.265 e. The standard InChI is InChI=1S/C12H10ClN5O2S/c13-9-4-3-8(7-14)6-10(9)18-21(19,20)11-2-1-5-16-12(11)17-15/h1-6,18H,15H2,(H,16,17). The molecule has 0 unspecified atom stereocenters. The fourth-order valence-corrected chi connectivity index (χ4v) is 3.00. The average molecular weight is 324 g/mol. The number of sulfonamides is 1. The third kappa shape index (κ3) is 3.22. The lowest BCUT2D eigenvalue weighted by Gasteiger charge is -2.12. The molecule has 0 saturated heterocycles. The molecule has 0 saturated carbocycles. The van der Waals surface area contributed by atoms with Gasteiger partial charge in [-0.1, -0.05) is 11.6 Å². The van der Waals surface area contributed by atoms with Crippen molar-refractivity contribution in [2.45, 2.75) is 4.90 Å². The van der Waals surface area contributed by atoms with E-state index in [2.05, 4.69) is 15.1 Å². The number of aromatic nitrogens is 1. The molecule has 21 heavy (non-hydrogen) atoms. The third-order valence-electron chi connectivity index (χ3n) is 2.54. The van der Waals surface area contributed by atoms with Crippen LogP contribution in [0.2, 0.25) is 5.02 Å². The number of halogens is 1. The van der Waals surface area contributed by atoms with Gasteiger partial charge >= 0.3 is 0 Å². The molecular formula is C12H10ClN5O2S. The number of anilines is 2. The van der Waals surface area contributed by atoms with Gasteiger partial charge in [0.2, 0.25) is 0 Å². The van der Waals surface area contributed by atoms with Crippen molar-refractivity contribution in [1.29, 1.82) is 5.26 Å². The fourth-order valence-electron chi connectivity index (χ4n) is 1.59. The van der Waals surface area contributed by atoms with Crippen LogP contribution in [0.15, 0.2) is 41.4 Å². The Morgan fingerprint density at radius 3 is 2.76 bits per heavy atom. The van der Waals surface area contributed by atoms with E-state index in [-0.39, 0.29) is 27.0 Å². The zero-order valence-electron chi connectivity index (χ0n) is 10.5. The van der Waals surface area contributed by atoms with E-state index in [1.165, 1.54) is 36.5 Å². The summed E-state index contributed by atoms with van der Waals surface area (Å²) in [6, 6.07) is 8.96. The number of nitrogens with one attached hydrogen (secondary N) is 2. The zero-order chi connectivity index (χ0) is 15.5. The molecule has 0 bridgehead atoms. The maximum atomic E-state index is 12.3. The molecular weight excluding hydrogens is 314 g/mol. The van der Waals surface area contributed by atoms with E-state index in [0.29, 0.717) is 0 Å². The summed E-state index contributed by atoms with van der Waals surface area (Å²) >= 11 is 5.93. The zero-order valence-corrected chi connectivity index (χ0v) is 12.1. The van der Waals surface area contributed by atoms with Gasteiger partial charge in [0.05, 0.1) is 22.3 Å². The molecule has 0 radical (unpaired) electrons. The molecule has 0 atom stereocenters. The van der Waals surface area contributed by atoms with Crippen LogP contribution in [0.25, 0.3) is 0 Å². The lowest BCUT2D eigenvalue weighted by atomic mass is 10.2. The fraction of sp³-hybridized carbons (Fsp3) is 0. The van der Waals surface area contributed by atoms with Crippen LogP contribution >= 0.6 is 11.6 Å². The number of nitrogens with two attached hydrogens (primary N) is 1. The van der Waals surface area contributed by atoms with E-state index >= 15 is 0 Å². The Morgan fingerprint density at radius 1 is 1.33 bits per heavy atom. The van der Waals surface area contributed by atoms with E-state index < -0.39 is 10.0 Å². The van der Waals surface area contributed by atoms with E-state index in [1.54, 1.807) is 0 Å². The van der Waals surface area contributed by atoms with Gasteiger partial charge in [-0.2, -0.15) is 5.26 Å². The molecule has 0 aliphatic heterocycles. The smallest absolute Gasteiger partial charge is 0.265 e. The van der Waals surface area contributed by atoms with Crippen molar-refractivity contribution < 1.29 is 8.42 Å². The predicted molar refractivity (Wildman–Crippen MR) is 79.0 cm³/mol. The van der Waals surface area contributed by atoms with E-state index in [0.717, 1.165) is 0 Å². The Morgan fingerprint density at radius 2 is 2.10 bits per heavy atom. The Kier molecular flexibility index (Phi) is 4.28. The molecule has 1 aromatic carbocycles. The molecule has 1 heterocycles. The minimum atomic E-state index is -3.95. The lowest BCUT2D eigenvalue weighted by molar-refractivity contribution is 0.601. The van der Waals surface area contributed by atoms with Crippen LogP contribution in [0.5, 0.6) is 0 Å². The number of hydrogen-bond donors (Lipinski definition) is 3. The molecule has 108 valence electrons. The molecule has 4 N–H and O–H groups in total. The Bertz CT molecular complexity index is 817. The summed E-state index contributed by atoms with van der Waals surface area (Å²) in [7, 11) is -3.95. The number of hydrazine groups is 1. The molecule has 0 aliphatic rings. The first-order chi connectivity index (χ1) is 9.97. The number of benzene rings is 1. The highest BCUT2D eigenvalue weighted by molar-refractivity contribution is 7.92. The SMILES string of the molecule is N#Cc1ccc(Cl)c(NS(=O)(=O)c2cccnc2NN)c1. The molecule has 2 rings (SSSR count). The molecule has 0 fully saturated rings. The maximum absolute atomic E-state index is 12.3. The summed E-state index contributed by atoms with van der Waals surface area (Å²) < 4.78 is 27.0. The second-order valence-corrected chi connectivity index (χ2v) is 5.96. The number of hydrogen-bond acceptors (Lipinski definition) is 6. The van der Waals surface area contributed by atoms with Crippen LogP contribution in [0.3, 0.4) is 0 Å². The number of nitrogen functional groups attached to an aromatic ring is 1. The van der Waals surface area contributed by atoms with Crippen LogP contribution in [-0.2, 0) is 10.0 Å². The van der Waals surface area contributed by atoms with E-state index in [1.807, 2.05) is 6.07 Å². The summed E-state index contributed by atoms with van der Waals surface area (Å²) in [6.45, 7) is 0. The molecule has 0 spiro atoms. The molecule has 0 amide bonds. The highest BCUT2D eigenvalue weighted by Gasteiger charge is 2.20. The minimum absolute atomic E-state index is 0.00226. The molecule has 2 aromatic rings. The number of rotatable bonds is 4. The van der Waals surface area contributed by atoms with E-state index in [9.17, 15) is 8.42 Å². The molecule has 9 heteroatoms. The van der Waals surface area contributed by atoms with Crippen molar-refractivity contribution in [3.05, 3.63) is 47.1 Å². The second kappa shape index (κ2) is 5.97. The summed E-state index contributed by atoms with van der Waals surface area (Å²) in [5.41, 5.74) is 2.59. The lowest BCUT2D eigenvalue weighted by Crippen LogP contribution is -2.18. The normalized spacial score (nSPS) is 10.7. The summed E-state index contributed by atoms with van der Waals surface area (Å²) in [6.07, 6.45) is 1.40. The summed E-state index contributed by atoms with van der Waals surface area (Å²) in [5, 5.41) is 9.01. The van der Waals surface area contributed by atoms with Crippen LogP contribution in [0, 0.1) is 11.3 Å². The topological polar surface area (TPSA) is 121 Å². The highest BCUT2D eigenvalue weighted by Crippen LogP contribution is 2.27. The molecule has 7 nitrogen and oxygen atoms in total. The van der Waals surface area contributed by atoms with Crippen molar-refractivity contribution in [3.8, 4) is 6.07 Å². The summed E-state index contributed by atoms with van der Waals surface area (Å²) in [5.74, 6) is 5.24. The largest absolute Gasteiger partial charge is 0.307 e. The van der Waals surface area contributed by atoms with Crippen LogP contribution in [0.1, 0.15) is 5.56 Å². The van der Waals surface area contributed by atoms with Gasteiger partial charge in [-0.15, -0.1) is 0 Å².